The second kappa shape index (κ2) is 5.62. The first-order valence-electron chi connectivity index (χ1n) is 7.40. The summed E-state index contributed by atoms with van der Waals surface area (Å²) in [6.45, 7) is 5.90. The molecule has 1 aromatic carbocycles. The van der Waals surface area contributed by atoms with E-state index in [1.165, 1.54) is 0 Å². The number of benzene rings is 1. The highest BCUT2D eigenvalue weighted by Crippen LogP contribution is 2.32. The number of para-hydroxylation sites is 2. The summed E-state index contributed by atoms with van der Waals surface area (Å²) in [4.78, 5) is 2.39. The van der Waals surface area contributed by atoms with Crippen molar-refractivity contribution >= 4 is 0 Å². The largest absolute Gasteiger partial charge is 0.486 e. The van der Waals surface area contributed by atoms with E-state index < -0.39 is 0 Å². The van der Waals surface area contributed by atoms with E-state index in [1.54, 1.807) is 0 Å². The summed E-state index contributed by atoms with van der Waals surface area (Å²) in [7, 11) is 0. The number of nitrogens with zero attached hydrogens (tertiary/aromatic N) is 1. The molecule has 0 aromatic heterocycles. The van der Waals surface area contributed by atoms with Gasteiger partial charge in [-0.2, -0.15) is 0 Å². The smallest absolute Gasteiger partial charge is 0.161 e. The maximum atomic E-state index is 9.52. The first-order chi connectivity index (χ1) is 9.68. The summed E-state index contributed by atoms with van der Waals surface area (Å²) in [6.07, 6.45) is 2.32. The predicted octanol–water partition coefficient (Wildman–Crippen LogP) is 1.92. The quantitative estimate of drug-likeness (QED) is 0.916. The molecule has 0 bridgehead atoms. The van der Waals surface area contributed by atoms with Crippen LogP contribution in [0.15, 0.2) is 24.3 Å². The number of hydrogen-bond donors (Lipinski definition) is 1. The van der Waals surface area contributed by atoms with Crippen LogP contribution in [0.2, 0.25) is 0 Å². The van der Waals surface area contributed by atoms with Gasteiger partial charge in [-0.1, -0.05) is 19.1 Å². The summed E-state index contributed by atoms with van der Waals surface area (Å²) < 4.78 is 11.8. The molecule has 0 spiro atoms. The molecular formula is C16H23NO3. The van der Waals surface area contributed by atoms with Crippen molar-refractivity contribution in [2.24, 2.45) is 5.41 Å². The number of likely N-dealkylation sites (tertiary alicyclic amines) is 1. The SMILES string of the molecule is CC1(CO)CCCN(CC2COc3ccccc3O2)C1. The molecule has 0 radical (unpaired) electrons. The second-order valence-corrected chi connectivity index (χ2v) is 6.31. The Hall–Kier alpha value is -1.26. The van der Waals surface area contributed by atoms with E-state index in [9.17, 15) is 5.11 Å². The molecule has 110 valence electrons. The van der Waals surface area contributed by atoms with Crippen molar-refractivity contribution in [3.05, 3.63) is 24.3 Å². The molecule has 1 N–H and O–H groups in total. The number of piperidine rings is 1. The van der Waals surface area contributed by atoms with E-state index in [4.69, 9.17) is 9.47 Å². The molecule has 2 heterocycles. The summed E-state index contributed by atoms with van der Waals surface area (Å²) >= 11 is 0. The molecule has 4 nitrogen and oxygen atoms in total. The van der Waals surface area contributed by atoms with E-state index in [2.05, 4.69) is 11.8 Å². The van der Waals surface area contributed by atoms with Gasteiger partial charge in [0.15, 0.2) is 11.5 Å². The van der Waals surface area contributed by atoms with Crippen LogP contribution in [0.25, 0.3) is 0 Å². The molecule has 1 aromatic rings. The van der Waals surface area contributed by atoms with Gasteiger partial charge in [-0.25, -0.2) is 0 Å². The topological polar surface area (TPSA) is 41.9 Å². The molecule has 2 aliphatic heterocycles. The van der Waals surface area contributed by atoms with E-state index in [-0.39, 0.29) is 18.1 Å². The lowest BCUT2D eigenvalue weighted by Gasteiger charge is -2.41. The van der Waals surface area contributed by atoms with Gasteiger partial charge in [0.25, 0.3) is 0 Å². The van der Waals surface area contributed by atoms with Crippen molar-refractivity contribution in [2.45, 2.75) is 25.9 Å². The Bertz CT molecular complexity index is 465. The summed E-state index contributed by atoms with van der Waals surface area (Å²) in [5.74, 6) is 1.67. The lowest BCUT2D eigenvalue weighted by molar-refractivity contribution is 0.00822. The highest BCUT2D eigenvalue weighted by atomic mass is 16.6. The number of fused-ring (bicyclic) bond motifs is 1. The first kappa shape index (κ1) is 13.7. The average molecular weight is 277 g/mol. The Balaban J connectivity index is 1.59. The summed E-state index contributed by atoms with van der Waals surface area (Å²) in [6, 6.07) is 7.82. The molecule has 4 heteroatoms. The summed E-state index contributed by atoms with van der Waals surface area (Å²) in [5, 5.41) is 9.52. The van der Waals surface area contributed by atoms with Gasteiger partial charge in [0.2, 0.25) is 0 Å². The van der Waals surface area contributed by atoms with Crippen LogP contribution in [0.3, 0.4) is 0 Å². The lowest BCUT2D eigenvalue weighted by atomic mass is 9.83. The Labute approximate surface area is 120 Å². The van der Waals surface area contributed by atoms with Crippen molar-refractivity contribution in [3.63, 3.8) is 0 Å². The first-order valence-corrected chi connectivity index (χ1v) is 7.40. The number of rotatable bonds is 3. The van der Waals surface area contributed by atoms with Crippen molar-refractivity contribution in [1.82, 2.24) is 4.90 Å². The molecule has 2 atom stereocenters. The van der Waals surface area contributed by atoms with Gasteiger partial charge in [-0.05, 0) is 31.5 Å². The minimum Gasteiger partial charge on any atom is -0.486 e. The fourth-order valence-electron chi connectivity index (χ4n) is 3.15. The Morgan fingerprint density at radius 3 is 2.95 bits per heavy atom. The molecule has 0 amide bonds. The van der Waals surface area contributed by atoms with Crippen LogP contribution in [0.5, 0.6) is 11.5 Å². The van der Waals surface area contributed by atoms with Gasteiger partial charge in [-0.15, -0.1) is 0 Å². The molecule has 2 aliphatic rings. The van der Waals surface area contributed by atoms with E-state index >= 15 is 0 Å². The van der Waals surface area contributed by atoms with Gasteiger partial charge in [0.05, 0.1) is 0 Å². The summed E-state index contributed by atoms with van der Waals surface area (Å²) in [5.41, 5.74) is 0.0334. The van der Waals surface area contributed by atoms with Gasteiger partial charge >= 0.3 is 0 Å². The number of ether oxygens (including phenoxy) is 2. The molecule has 1 saturated heterocycles. The highest BCUT2D eigenvalue weighted by Gasteiger charge is 2.32. The van der Waals surface area contributed by atoms with Crippen molar-refractivity contribution in [3.8, 4) is 11.5 Å². The van der Waals surface area contributed by atoms with Crippen molar-refractivity contribution < 1.29 is 14.6 Å². The molecular weight excluding hydrogens is 254 g/mol. The van der Waals surface area contributed by atoms with Gasteiger partial charge in [-0.3, -0.25) is 4.90 Å². The minimum atomic E-state index is 0.0334. The monoisotopic (exact) mass is 277 g/mol. The zero-order chi connectivity index (χ0) is 14.0. The van der Waals surface area contributed by atoms with Crippen molar-refractivity contribution in [2.75, 3.05) is 32.8 Å². The molecule has 0 aliphatic carbocycles. The fraction of sp³-hybridized carbons (Fsp3) is 0.625. The van der Waals surface area contributed by atoms with Gasteiger partial charge in [0.1, 0.15) is 12.7 Å². The number of aliphatic hydroxyl groups is 1. The molecule has 3 rings (SSSR count). The van der Waals surface area contributed by atoms with Crippen LogP contribution in [0.1, 0.15) is 19.8 Å². The molecule has 2 unspecified atom stereocenters. The zero-order valence-electron chi connectivity index (χ0n) is 12.0. The maximum Gasteiger partial charge on any atom is 0.161 e. The molecule has 20 heavy (non-hydrogen) atoms. The zero-order valence-corrected chi connectivity index (χ0v) is 12.0. The van der Waals surface area contributed by atoms with E-state index in [1.807, 2.05) is 24.3 Å². The third-order valence-corrected chi connectivity index (χ3v) is 4.27. The Morgan fingerprint density at radius 1 is 1.35 bits per heavy atom. The number of hydrogen-bond acceptors (Lipinski definition) is 4. The van der Waals surface area contributed by atoms with Gasteiger partial charge < -0.3 is 14.6 Å². The van der Waals surface area contributed by atoms with E-state index in [0.29, 0.717) is 6.61 Å². The van der Waals surface area contributed by atoms with Crippen LogP contribution in [0, 0.1) is 5.41 Å². The van der Waals surface area contributed by atoms with Crippen LogP contribution in [-0.2, 0) is 0 Å². The average Bonchev–Trinajstić information content (AvgIpc) is 2.47. The molecule has 0 saturated carbocycles. The van der Waals surface area contributed by atoms with Gasteiger partial charge in [0, 0.05) is 25.1 Å². The second-order valence-electron chi connectivity index (χ2n) is 6.31. The Kier molecular flexibility index (Phi) is 3.85. The van der Waals surface area contributed by atoms with Crippen LogP contribution < -0.4 is 9.47 Å². The van der Waals surface area contributed by atoms with Crippen LogP contribution in [-0.4, -0.2) is 49.0 Å². The van der Waals surface area contributed by atoms with E-state index in [0.717, 1.165) is 44.0 Å². The third-order valence-electron chi connectivity index (χ3n) is 4.27. The predicted molar refractivity (Wildman–Crippen MR) is 77.2 cm³/mol. The maximum absolute atomic E-state index is 9.52. The highest BCUT2D eigenvalue weighted by molar-refractivity contribution is 5.40. The minimum absolute atomic E-state index is 0.0334. The number of aliphatic hydroxyl groups excluding tert-OH is 1. The van der Waals surface area contributed by atoms with Crippen molar-refractivity contribution in [1.29, 1.82) is 0 Å². The fourth-order valence-corrected chi connectivity index (χ4v) is 3.15. The lowest BCUT2D eigenvalue weighted by Crippen LogP contribution is -2.49. The standard InChI is InChI=1S/C16H23NO3/c1-16(12-18)7-4-8-17(11-16)9-13-10-19-14-5-2-3-6-15(14)20-13/h2-3,5-6,13,18H,4,7-12H2,1H3. The normalized spacial score (nSPS) is 30.2. The Morgan fingerprint density at radius 2 is 2.15 bits per heavy atom. The third kappa shape index (κ3) is 2.91. The molecule has 1 fully saturated rings. The van der Waals surface area contributed by atoms with Crippen LogP contribution in [0.4, 0.5) is 0 Å². The van der Waals surface area contributed by atoms with Crippen LogP contribution >= 0.6 is 0 Å².